The van der Waals surface area contributed by atoms with E-state index in [1.165, 1.54) is 35.2 Å². The van der Waals surface area contributed by atoms with Gasteiger partial charge in [-0.05, 0) is 12.1 Å². The van der Waals surface area contributed by atoms with Crippen molar-refractivity contribution >= 4 is 44.0 Å². The molecule has 0 saturated heterocycles. The van der Waals surface area contributed by atoms with Crippen LogP contribution in [0.1, 0.15) is 6.42 Å². The number of carbonyl (C=O) groups is 1. The molecule has 1 amide bonds. The van der Waals surface area contributed by atoms with Crippen LogP contribution in [-0.4, -0.2) is 49.2 Å². The molecule has 1 aromatic heterocycles. The van der Waals surface area contributed by atoms with E-state index in [0.29, 0.717) is 39.9 Å². The fraction of sp³-hybridized carbons (Fsp3) is 0.312. The molecule has 1 N–H and O–H groups in total. The van der Waals surface area contributed by atoms with E-state index in [9.17, 15) is 13.2 Å². The highest BCUT2D eigenvalue weighted by molar-refractivity contribution is 8.01. The summed E-state index contributed by atoms with van der Waals surface area (Å²) in [6.45, 7) is 4.42. The Hall–Kier alpha value is -2.11. The van der Waals surface area contributed by atoms with Gasteiger partial charge in [0, 0.05) is 18.2 Å². The topological polar surface area (TPSA) is 107 Å². The van der Waals surface area contributed by atoms with E-state index in [4.69, 9.17) is 9.47 Å². The maximum Gasteiger partial charge on any atom is 0.227 e. The molecular formula is C16H17N3O5S3. The van der Waals surface area contributed by atoms with E-state index in [1.807, 2.05) is 0 Å². The van der Waals surface area contributed by atoms with Gasteiger partial charge in [0.1, 0.15) is 13.2 Å². The van der Waals surface area contributed by atoms with Crippen LogP contribution < -0.4 is 14.8 Å². The summed E-state index contributed by atoms with van der Waals surface area (Å²) in [6, 6.07) is 4.44. The molecule has 0 unspecified atom stereocenters. The van der Waals surface area contributed by atoms with E-state index in [-0.39, 0.29) is 17.1 Å². The lowest BCUT2D eigenvalue weighted by molar-refractivity contribution is -0.115. The van der Waals surface area contributed by atoms with Crippen molar-refractivity contribution in [2.24, 2.45) is 0 Å². The van der Waals surface area contributed by atoms with Gasteiger partial charge in [-0.2, -0.15) is 0 Å². The van der Waals surface area contributed by atoms with Gasteiger partial charge < -0.3 is 14.8 Å². The van der Waals surface area contributed by atoms with Crippen molar-refractivity contribution in [1.29, 1.82) is 0 Å². The summed E-state index contributed by atoms with van der Waals surface area (Å²) in [6.07, 6.45) is 1.55. The largest absolute Gasteiger partial charge is 0.486 e. The van der Waals surface area contributed by atoms with Crippen LogP contribution in [0.4, 0.5) is 5.13 Å². The molecule has 1 aliphatic heterocycles. The first-order valence-electron chi connectivity index (χ1n) is 7.97. The van der Waals surface area contributed by atoms with E-state index in [1.54, 1.807) is 12.1 Å². The molecule has 8 nitrogen and oxygen atoms in total. The smallest absolute Gasteiger partial charge is 0.227 e. The molecule has 0 atom stereocenters. The van der Waals surface area contributed by atoms with Gasteiger partial charge in [-0.3, -0.25) is 4.79 Å². The highest BCUT2D eigenvalue weighted by atomic mass is 32.2. The van der Waals surface area contributed by atoms with E-state index < -0.39 is 15.7 Å². The first-order valence-corrected chi connectivity index (χ1v) is 11.4. The zero-order valence-corrected chi connectivity index (χ0v) is 16.7. The Morgan fingerprint density at radius 2 is 2.07 bits per heavy atom. The highest BCUT2D eigenvalue weighted by Gasteiger charge is 2.21. The summed E-state index contributed by atoms with van der Waals surface area (Å²) in [5.41, 5.74) is 0. The predicted molar refractivity (Wildman–Crippen MR) is 104 cm³/mol. The minimum Gasteiger partial charge on any atom is -0.486 e. The maximum absolute atomic E-state index is 12.5. The van der Waals surface area contributed by atoms with Crippen molar-refractivity contribution < 1.29 is 22.7 Å². The molecule has 27 heavy (non-hydrogen) atoms. The molecule has 0 spiro atoms. The lowest BCUT2D eigenvalue weighted by atomic mass is 10.3. The Kier molecular flexibility index (Phi) is 6.34. The Labute approximate surface area is 164 Å². The second kappa shape index (κ2) is 8.72. The quantitative estimate of drug-likeness (QED) is 0.389. The fourth-order valence-electron chi connectivity index (χ4n) is 2.19. The van der Waals surface area contributed by atoms with Gasteiger partial charge in [0.15, 0.2) is 25.7 Å². The van der Waals surface area contributed by atoms with Crippen LogP contribution >= 0.6 is 23.1 Å². The molecule has 0 saturated carbocycles. The van der Waals surface area contributed by atoms with Gasteiger partial charge in [-0.15, -0.1) is 16.8 Å². The lowest BCUT2D eigenvalue weighted by Gasteiger charge is -2.18. The van der Waals surface area contributed by atoms with Crippen molar-refractivity contribution in [1.82, 2.24) is 10.2 Å². The summed E-state index contributed by atoms with van der Waals surface area (Å²) < 4.78 is 36.5. The van der Waals surface area contributed by atoms with Crippen LogP contribution in [0.15, 0.2) is 40.1 Å². The standard InChI is InChI=1S/C16H17N3O5S3/c1-2-8-25-16-19-18-15(26-16)17-14(20)5-9-27(21,22)11-3-4-12-13(10-11)24-7-6-23-12/h2-4,10H,1,5-9H2,(H,17,18,20). The number of nitrogens with one attached hydrogen (secondary N) is 1. The SMILES string of the molecule is C=CCSc1nnc(NC(=O)CCS(=O)(=O)c2ccc3c(c2)OCCO3)s1. The van der Waals surface area contributed by atoms with Crippen molar-refractivity contribution in [3.63, 3.8) is 0 Å². The molecule has 0 fully saturated rings. The first kappa shape index (κ1) is 19.6. The Morgan fingerprint density at radius 3 is 2.85 bits per heavy atom. The third-order valence-corrected chi connectivity index (χ3v) is 7.13. The number of amides is 1. The molecule has 0 bridgehead atoms. The van der Waals surface area contributed by atoms with E-state index >= 15 is 0 Å². The number of ether oxygens (including phenoxy) is 2. The molecule has 1 aromatic carbocycles. The van der Waals surface area contributed by atoms with Gasteiger partial charge in [0.05, 0.1) is 10.6 Å². The van der Waals surface area contributed by atoms with Gasteiger partial charge >= 0.3 is 0 Å². The minimum atomic E-state index is -3.63. The Morgan fingerprint density at radius 1 is 1.30 bits per heavy atom. The molecule has 144 valence electrons. The number of hydrogen-bond donors (Lipinski definition) is 1. The third kappa shape index (κ3) is 5.21. The number of fused-ring (bicyclic) bond motifs is 1. The number of aromatic nitrogens is 2. The van der Waals surface area contributed by atoms with Crippen LogP contribution in [0.5, 0.6) is 11.5 Å². The Bertz CT molecular complexity index is 943. The molecule has 2 aromatic rings. The fourth-order valence-corrected chi connectivity index (χ4v) is 4.97. The number of carbonyl (C=O) groups excluding carboxylic acids is 1. The van der Waals surface area contributed by atoms with Crippen LogP contribution in [0.25, 0.3) is 0 Å². The molecule has 0 aliphatic carbocycles. The number of benzene rings is 1. The summed E-state index contributed by atoms with van der Waals surface area (Å²) in [4.78, 5) is 12.1. The van der Waals surface area contributed by atoms with Crippen molar-refractivity contribution in [3.8, 4) is 11.5 Å². The van der Waals surface area contributed by atoms with E-state index in [2.05, 4.69) is 22.1 Å². The molecular weight excluding hydrogens is 410 g/mol. The van der Waals surface area contributed by atoms with Gasteiger partial charge in [-0.25, -0.2) is 8.42 Å². The molecule has 11 heteroatoms. The van der Waals surface area contributed by atoms with Gasteiger partial charge in [0.25, 0.3) is 0 Å². The Balaban J connectivity index is 1.57. The molecule has 2 heterocycles. The monoisotopic (exact) mass is 427 g/mol. The second-order valence-electron chi connectivity index (χ2n) is 5.40. The number of nitrogens with zero attached hydrogens (tertiary/aromatic N) is 2. The highest BCUT2D eigenvalue weighted by Crippen LogP contribution is 2.32. The third-order valence-electron chi connectivity index (χ3n) is 3.45. The van der Waals surface area contributed by atoms with Gasteiger partial charge in [-0.1, -0.05) is 29.2 Å². The van der Waals surface area contributed by atoms with Crippen molar-refractivity contribution in [3.05, 3.63) is 30.9 Å². The second-order valence-corrected chi connectivity index (χ2v) is 9.75. The van der Waals surface area contributed by atoms with E-state index in [0.717, 1.165) is 0 Å². The first-order chi connectivity index (χ1) is 13.0. The zero-order chi connectivity index (χ0) is 19.3. The van der Waals surface area contributed by atoms with Crippen LogP contribution in [0.2, 0.25) is 0 Å². The average Bonchev–Trinajstić information content (AvgIpc) is 3.11. The van der Waals surface area contributed by atoms with Crippen LogP contribution in [-0.2, 0) is 14.6 Å². The summed E-state index contributed by atoms with van der Waals surface area (Å²) in [7, 11) is -3.63. The molecule has 3 rings (SSSR count). The summed E-state index contributed by atoms with van der Waals surface area (Å²) in [5, 5.41) is 10.7. The summed E-state index contributed by atoms with van der Waals surface area (Å²) >= 11 is 2.68. The van der Waals surface area contributed by atoms with Crippen LogP contribution in [0.3, 0.4) is 0 Å². The van der Waals surface area contributed by atoms with Crippen molar-refractivity contribution in [2.45, 2.75) is 15.7 Å². The molecule has 0 radical (unpaired) electrons. The normalized spacial score (nSPS) is 13.2. The summed E-state index contributed by atoms with van der Waals surface area (Å²) in [5.74, 6) is 0.836. The van der Waals surface area contributed by atoms with Gasteiger partial charge in [0.2, 0.25) is 11.0 Å². The van der Waals surface area contributed by atoms with Crippen molar-refractivity contribution in [2.75, 3.05) is 30.0 Å². The zero-order valence-electron chi connectivity index (χ0n) is 14.2. The molecule has 1 aliphatic rings. The predicted octanol–water partition coefficient (Wildman–Crippen LogP) is 2.39. The number of thioether (sulfide) groups is 1. The number of anilines is 1. The maximum atomic E-state index is 12.5. The number of sulfone groups is 1. The number of rotatable bonds is 8. The van der Waals surface area contributed by atoms with Crippen LogP contribution in [0, 0.1) is 0 Å². The minimum absolute atomic E-state index is 0.0959. The number of hydrogen-bond acceptors (Lipinski definition) is 9. The lowest BCUT2D eigenvalue weighted by Crippen LogP contribution is -2.18. The average molecular weight is 428 g/mol.